The third-order valence-electron chi connectivity index (χ3n) is 2.47. The van der Waals surface area contributed by atoms with Gasteiger partial charge in [-0.3, -0.25) is 0 Å². The average molecular weight is 336 g/mol. The first-order valence-corrected chi connectivity index (χ1v) is 7.95. The van der Waals surface area contributed by atoms with Crippen molar-refractivity contribution in [2.45, 2.75) is 13.5 Å². The van der Waals surface area contributed by atoms with Gasteiger partial charge < -0.3 is 4.74 Å². The van der Waals surface area contributed by atoms with Crippen molar-refractivity contribution >= 4 is 41.8 Å². The summed E-state index contributed by atoms with van der Waals surface area (Å²) in [4.78, 5) is 8.09. The smallest absolute Gasteiger partial charge is 0.185 e. The first-order valence-electron chi connectivity index (χ1n) is 6.48. The monoisotopic (exact) mass is 335 g/mol. The molecule has 116 valence electrons. The Hall–Kier alpha value is -1.85. The molecule has 0 aliphatic rings. The van der Waals surface area contributed by atoms with Crippen LogP contribution in [0.3, 0.4) is 0 Å². The van der Waals surface area contributed by atoms with E-state index in [2.05, 4.69) is 27.7 Å². The van der Waals surface area contributed by atoms with Gasteiger partial charge in [-0.15, -0.1) is 11.6 Å². The number of hydrogen-bond acceptors (Lipinski definition) is 4. The van der Waals surface area contributed by atoms with Crippen LogP contribution in [0.4, 0.5) is 0 Å². The molecule has 0 amide bonds. The molecule has 0 spiro atoms. The Kier molecular flexibility index (Phi) is 8.95. The first-order chi connectivity index (χ1) is 10.7. The van der Waals surface area contributed by atoms with E-state index in [0.29, 0.717) is 29.1 Å². The Balaban J connectivity index is 2.71. The maximum absolute atomic E-state index is 5.62. The number of benzene rings is 1. The fourth-order valence-electron chi connectivity index (χ4n) is 1.41. The molecule has 0 N–H and O–H groups in total. The number of allylic oxidation sites excluding steroid dienone is 1. The summed E-state index contributed by atoms with van der Waals surface area (Å²) in [6.45, 7) is 9.49. The van der Waals surface area contributed by atoms with E-state index in [-0.39, 0.29) is 0 Å². The molecule has 0 bridgehead atoms. The molecule has 1 rings (SSSR count). The topological polar surface area (TPSA) is 46.3 Å². The highest BCUT2D eigenvalue weighted by Gasteiger charge is 2.02. The van der Waals surface area contributed by atoms with Crippen LogP contribution in [-0.2, 0) is 11.3 Å². The molecule has 22 heavy (non-hydrogen) atoms. The second-order valence-corrected chi connectivity index (χ2v) is 5.36. The predicted octanol–water partition coefficient (Wildman–Crippen LogP) is 4.64. The molecule has 0 fully saturated rings. The van der Waals surface area contributed by atoms with Crippen molar-refractivity contribution < 1.29 is 4.74 Å². The van der Waals surface area contributed by atoms with Gasteiger partial charge in [-0.1, -0.05) is 36.9 Å². The highest BCUT2D eigenvalue weighted by atomic mass is 35.5. The van der Waals surface area contributed by atoms with E-state index in [0.717, 1.165) is 5.56 Å². The van der Waals surface area contributed by atoms with Gasteiger partial charge in [0, 0.05) is 0 Å². The van der Waals surface area contributed by atoms with Crippen LogP contribution in [0.25, 0.3) is 0 Å². The van der Waals surface area contributed by atoms with Crippen LogP contribution in [0.2, 0.25) is 0 Å². The second kappa shape index (κ2) is 10.8. The molecule has 1 aromatic carbocycles. The molecule has 0 aliphatic carbocycles. The van der Waals surface area contributed by atoms with Crippen molar-refractivity contribution in [3.8, 4) is 0 Å². The van der Waals surface area contributed by atoms with E-state index in [1.165, 1.54) is 11.9 Å². The van der Waals surface area contributed by atoms with Gasteiger partial charge in [0.25, 0.3) is 0 Å². The molecule has 0 atom stereocenters. The normalized spacial score (nSPS) is 12.9. The average Bonchev–Trinajstić information content (AvgIpc) is 2.56. The van der Waals surface area contributed by atoms with Crippen LogP contribution in [-0.4, -0.2) is 23.5 Å². The standard InChI is InChI=1S/C16H18ClN3OS/c1-4-15(16(18-3)20-22-12-17)19-10-13(2)21-11-14-8-6-5-7-9-14/h4-10H,1,3,11-12H2,2H3/b13-10+,19-15-,20-16-. The van der Waals surface area contributed by atoms with Crippen molar-refractivity contribution in [2.24, 2.45) is 14.4 Å². The van der Waals surface area contributed by atoms with Gasteiger partial charge in [-0.2, -0.15) is 4.40 Å². The number of halogens is 1. The van der Waals surface area contributed by atoms with E-state index in [1.54, 1.807) is 12.3 Å². The maximum atomic E-state index is 5.62. The lowest BCUT2D eigenvalue weighted by Gasteiger charge is -2.05. The zero-order valence-corrected chi connectivity index (χ0v) is 14.0. The van der Waals surface area contributed by atoms with Crippen LogP contribution in [0.15, 0.2) is 69.3 Å². The summed E-state index contributed by atoms with van der Waals surface area (Å²) in [5.41, 5.74) is 1.60. The molecular formula is C16H18ClN3OS. The molecule has 0 saturated carbocycles. The van der Waals surface area contributed by atoms with E-state index in [4.69, 9.17) is 16.3 Å². The van der Waals surface area contributed by atoms with E-state index in [1.807, 2.05) is 37.3 Å². The Morgan fingerprint density at radius 2 is 2.09 bits per heavy atom. The zero-order chi connectivity index (χ0) is 16.2. The molecule has 0 aliphatic heterocycles. The number of nitrogens with zero attached hydrogens (tertiary/aromatic N) is 3. The summed E-state index contributed by atoms with van der Waals surface area (Å²) in [6.07, 6.45) is 3.16. The van der Waals surface area contributed by atoms with Gasteiger partial charge in [-0.05, 0) is 37.2 Å². The van der Waals surface area contributed by atoms with Crippen LogP contribution >= 0.6 is 23.5 Å². The third-order valence-corrected chi connectivity index (χ3v) is 3.16. The molecule has 0 saturated heterocycles. The summed E-state index contributed by atoms with van der Waals surface area (Å²) in [5, 5.41) is 0.332. The third kappa shape index (κ3) is 6.74. The van der Waals surface area contributed by atoms with Crippen molar-refractivity contribution in [1.82, 2.24) is 0 Å². The summed E-state index contributed by atoms with van der Waals surface area (Å²) in [5.74, 6) is 1.06. The lowest BCUT2D eigenvalue weighted by Crippen LogP contribution is -2.07. The summed E-state index contributed by atoms with van der Waals surface area (Å²) in [7, 11) is 0. The number of aliphatic imine (C=N–C) groups is 2. The predicted molar refractivity (Wildman–Crippen MR) is 97.9 cm³/mol. The van der Waals surface area contributed by atoms with Crippen molar-refractivity contribution in [3.63, 3.8) is 0 Å². The van der Waals surface area contributed by atoms with Crippen LogP contribution in [0.5, 0.6) is 0 Å². The molecule has 0 radical (unpaired) electrons. The molecule has 6 heteroatoms. The lowest BCUT2D eigenvalue weighted by molar-refractivity contribution is 0.200. The van der Waals surface area contributed by atoms with E-state index >= 15 is 0 Å². The number of hydrogen-bond donors (Lipinski definition) is 0. The van der Waals surface area contributed by atoms with Gasteiger partial charge in [0.2, 0.25) is 0 Å². The summed E-state index contributed by atoms with van der Waals surface area (Å²) < 4.78 is 9.73. The van der Waals surface area contributed by atoms with Gasteiger partial charge in [0.1, 0.15) is 18.1 Å². The quantitative estimate of drug-likeness (QED) is 0.228. The van der Waals surface area contributed by atoms with Crippen molar-refractivity contribution in [1.29, 1.82) is 0 Å². The van der Waals surface area contributed by atoms with Gasteiger partial charge in [0.15, 0.2) is 5.84 Å². The molecule has 4 nitrogen and oxygen atoms in total. The second-order valence-electron chi connectivity index (χ2n) is 4.04. The van der Waals surface area contributed by atoms with Crippen molar-refractivity contribution in [3.05, 3.63) is 60.5 Å². The largest absolute Gasteiger partial charge is 0.492 e. The Bertz CT molecular complexity index is 582. The summed E-state index contributed by atoms with van der Waals surface area (Å²) in [6, 6.07) is 9.91. The Morgan fingerprint density at radius 3 is 2.68 bits per heavy atom. The molecule has 0 aromatic heterocycles. The fraction of sp³-hybridized carbons (Fsp3) is 0.188. The number of ether oxygens (including phenoxy) is 1. The SMILES string of the molecule is C=CC(=N/C=C(\C)OCc1ccccc1)/C(N=C)=N/SCCl. The van der Waals surface area contributed by atoms with E-state index < -0.39 is 0 Å². The number of alkyl halides is 1. The van der Waals surface area contributed by atoms with Crippen molar-refractivity contribution in [2.75, 3.05) is 5.21 Å². The van der Waals surface area contributed by atoms with Crippen LogP contribution in [0.1, 0.15) is 12.5 Å². The highest BCUT2D eigenvalue weighted by Crippen LogP contribution is 2.08. The maximum Gasteiger partial charge on any atom is 0.185 e. The number of rotatable bonds is 8. The van der Waals surface area contributed by atoms with Gasteiger partial charge in [0.05, 0.1) is 11.4 Å². The fourth-order valence-corrected chi connectivity index (χ4v) is 1.88. The Morgan fingerprint density at radius 1 is 1.36 bits per heavy atom. The minimum atomic E-state index is 0.332. The van der Waals surface area contributed by atoms with Gasteiger partial charge >= 0.3 is 0 Å². The van der Waals surface area contributed by atoms with Crippen LogP contribution < -0.4 is 0 Å². The highest BCUT2D eigenvalue weighted by molar-refractivity contribution is 7.99. The minimum Gasteiger partial charge on any atom is -0.492 e. The summed E-state index contributed by atoms with van der Waals surface area (Å²) >= 11 is 6.74. The zero-order valence-electron chi connectivity index (χ0n) is 12.4. The minimum absolute atomic E-state index is 0.332. The molecule has 1 aromatic rings. The van der Waals surface area contributed by atoms with E-state index in [9.17, 15) is 0 Å². The van der Waals surface area contributed by atoms with Gasteiger partial charge in [-0.25, -0.2) is 9.98 Å². The van der Waals surface area contributed by atoms with Crippen LogP contribution in [0, 0.1) is 0 Å². The lowest BCUT2D eigenvalue weighted by atomic mass is 10.2. The molecular weight excluding hydrogens is 318 g/mol. The Labute approximate surface area is 140 Å². The number of amidine groups is 1. The molecule has 0 unspecified atom stereocenters. The first kappa shape index (κ1) is 18.2. The molecule has 0 heterocycles.